The van der Waals surface area contributed by atoms with E-state index in [2.05, 4.69) is 45.5 Å². The Labute approximate surface area is 327 Å². The molecule has 8 heteroatoms. The van der Waals surface area contributed by atoms with Crippen molar-refractivity contribution in [2.45, 2.75) is 179 Å². The maximum absolute atomic E-state index is 12.9. The Morgan fingerprint density at radius 3 is 1.45 bits per heavy atom. The minimum Gasteiger partial charge on any atom is -0.426 e. The summed E-state index contributed by atoms with van der Waals surface area (Å²) in [7, 11) is 6.75. The number of aryl methyl sites for hydroxylation is 4. The first-order valence-corrected chi connectivity index (χ1v) is 21.4. The first kappa shape index (κ1) is 46.3. The van der Waals surface area contributed by atoms with E-state index in [1.165, 1.54) is 83.6 Å². The number of carbonyl (C=O) groups is 3. The minimum absolute atomic E-state index is 0.109. The Morgan fingerprint density at radius 2 is 1.00 bits per heavy atom. The highest BCUT2D eigenvalue weighted by atomic mass is 32.2. The number of nitrogens with zero attached hydrogens (tertiary/aromatic N) is 1. The van der Waals surface area contributed by atoms with Crippen LogP contribution in [0.3, 0.4) is 0 Å². The standard InChI is InChI=1S/C45H72N2O5S/c1-10-11-12-13-14-15-18-21-24-27-41(48)46-38(6)45(50)52-44-36(4)32-40(33-37(44)5)53-39-30-34(2)43(35(3)31-39)51-42(49)28-25-22-19-16-17-20-23-26-29-47(7,8)9/h30-33,38H,10-29H2,1-9H3/p+1/t38-/m0/s1. The summed E-state index contributed by atoms with van der Waals surface area (Å²) in [4.78, 5) is 40.1. The van der Waals surface area contributed by atoms with Gasteiger partial charge >= 0.3 is 11.9 Å². The lowest BCUT2D eigenvalue weighted by Gasteiger charge is -2.23. The van der Waals surface area contributed by atoms with Gasteiger partial charge in [0.2, 0.25) is 5.91 Å². The fraction of sp³-hybridized carbons (Fsp3) is 0.667. The van der Waals surface area contributed by atoms with Crippen LogP contribution >= 0.6 is 11.8 Å². The molecule has 0 aliphatic heterocycles. The van der Waals surface area contributed by atoms with E-state index in [0.717, 1.165) is 68.6 Å². The van der Waals surface area contributed by atoms with Gasteiger partial charge in [-0.1, -0.05) is 102 Å². The number of hydrogen-bond donors (Lipinski definition) is 1. The van der Waals surface area contributed by atoms with E-state index in [4.69, 9.17) is 9.47 Å². The van der Waals surface area contributed by atoms with Crippen LogP contribution in [0.5, 0.6) is 11.5 Å². The SMILES string of the molecule is CCCCCCCCCCCC(=O)N[C@@H](C)C(=O)Oc1c(C)cc(Sc2cc(C)c(OC(=O)CCCCCCCCCC[N+](C)(C)C)c(C)c2)cc1C. The second-order valence-electron chi connectivity index (χ2n) is 16.2. The Kier molecular flexibility index (Phi) is 22.1. The molecule has 0 bridgehead atoms. The molecule has 2 aromatic rings. The first-order chi connectivity index (χ1) is 25.2. The van der Waals surface area contributed by atoms with Crippen LogP contribution in [0.25, 0.3) is 0 Å². The molecule has 53 heavy (non-hydrogen) atoms. The third kappa shape index (κ3) is 19.9. The van der Waals surface area contributed by atoms with Crippen molar-refractivity contribution in [3.8, 4) is 11.5 Å². The number of benzene rings is 2. The second kappa shape index (κ2) is 25.3. The molecule has 0 aliphatic carbocycles. The van der Waals surface area contributed by atoms with Gasteiger partial charge in [0.1, 0.15) is 17.5 Å². The zero-order chi connectivity index (χ0) is 39.2. The zero-order valence-corrected chi connectivity index (χ0v) is 35.7. The third-order valence-corrected chi connectivity index (χ3v) is 10.7. The molecule has 2 rings (SSSR count). The van der Waals surface area contributed by atoms with Gasteiger partial charge in [-0.15, -0.1) is 0 Å². The molecule has 2 aromatic carbocycles. The maximum atomic E-state index is 12.9. The highest BCUT2D eigenvalue weighted by Crippen LogP contribution is 2.37. The predicted octanol–water partition coefficient (Wildman–Crippen LogP) is 11.5. The molecule has 0 fully saturated rings. The smallest absolute Gasteiger partial charge is 0.333 e. The van der Waals surface area contributed by atoms with E-state index >= 15 is 0 Å². The largest absolute Gasteiger partial charge is 0.426 e. The van der Waals surface area contributed by atoms with Gasteiger partial charge in [0.05, 0.1) is 27.7 Å². The summed E-state index contributed by atoms with van der Waals surface area (Å²) in [5.41, 5.74) is 3.56. The van der Waals surface area contributed by atoms with Gasteiger partial charge in [-0.25, -0.2) is 4.79 Å². The third-order valence-electron chi connectivity index (χ3n) is 9.72. The average molecular weight is 754 g/mol. The fourth-order valence-electron chi connectivity index (χ4n) is 6.64. The molecular weight excluding hydrogens is 681 g/mol. The Morgan fingerprint density at radius 1 is 0.604 bits per heavy atom. The van der Waals surface area contributed by atoms with Gasteiger partial charge < -0.3 is 19.3 Å². The number of rotatable bonds is 27. The van der Waals surface area contributed by atoms with Crippen LogP contribution in [-0.2, 0) is 14.4 Å². The van der Waals surface area contributed by atoms with Gasteiger partial charge in [-0.2, -0.15) is 0 Å². The van der Waals surface area contributed by atoms with Crippen molar-refractivity contribution in [2.24, 2.45) is 0 Å². The summed E-state index contributed by atoms with van der Waals surface area (Å²) >= 11 is 1.62. The molecule has 0 saturated heterocycles. The molecule has 1 N–H and O–H groups in total. The number of esters is 2. The summed E-state index contributed by atoms with van der Waals surface area (Å²) in [6.45, 7) is 13.0. The normalized spacial score (nSPS) is 12.1. The second-order valence-corrected chi connectivity index (χ2v) is 17.4. The number of ether oxygens (including phenoxy) is 2. The Balaban J connectivity index is 1.77. The van der Waals surface area contributed by atoms with Crippen molar-refractivity contribution in [1.29, 1.82) is 0 Å². The van der Waals surface area contributed by atoms with Crippen LogP contribution in [0.15, 0.2) is 34.1 Å². The van der Waals surface area contributed by atoms with Gasteiger partial charge in [-0.05, 0) is 107 Å². The highest BCUT2D eigenvalue weighted by molar-refractivity contribution is 7.99. The van der Waals surface area contributed by atoms with Gasteiger partial charge in [0.15, 0.2) is 0 Å². The number of unbranched alkanes of at least 4 members (excludes halogenated alkanes) is 15. The maximum Gasteiger partial charge on any atom is 0.333 e. The molecule has 0 aliphatic rings. The van der Waals surface area contributed by atoms with Gasteiger partial charge in [0.25, 0.3) is 0 Å². The fourth-order valence-corrected chi connectivity index (χ4v) is 7.85. The lowest BCUT2D eigenvalue weighted by molar-refractivity contribution is -0.870. The van der Waals surface area contributed by atoms with Crippen LogP contribution in [0.1, 0.15) is 158 Å². The van der Waals surface area contributed by atoms with E-state index in [0.29, 0.717) is 24.3 Å². The van der Waals surface area contributed by atoms with Crippen LogP contribution in [-0.4, -0.2) is 56.1 Å². The molecule has 0 saturated carbocycles. The Bertz CT molecular complexity index is 1370. The summed E-state index contributed by atoms with van der Waals surface area (Å²) in [6.07, 6.45) is 21.1. The van der Waals surface area contributed by atoms with Crippen molar-refractivity contribution in [3.63, 3.8) is 0 Å². The van der Waals surface area contributed by atoms with Crippen molar-refractivity contribution in [3.05, 3.63) is 46.5 Å². The number of hydrogen-bond acceptors (Lipinski definition) is 6. The molecule has 298 valence electrons. The highest BCUT2D eigenvalue weighted by Gasteiger charge is 2.20. The number of nitrogens with one attached hydrogen (secondary N) is 1. The lowest BCUT2D eigenvalue weighted by Crippen LogP contribution is -2.40. The number of amides is 1. The van der Waals surface area contributed by atoms with E-state index in [-0.39, 0.29) is 11.9 Å². The van der Waals surface area contributed by atoms with Gasteiger partial charge in [0, 0.05) is 22.6 Å². The lowest BCUT2D eigenvalue weighted by atomic mass is 10.1. The summed E-state index contributed by atoms with van der Waals surface area (Å²) < 4.78 is 12.7. The topological polar surface area (TPSA) is 81.7 Å². The summed E-state index contributed by atoms with van der Waals surface area (Å²) in [6, 6.07) is 7.41. The van der Waals surface area contributed by atoms with Crippen molar-refractivity contribution in [2.75, 3.05) is 27.7 Å². The van der Waals surface area contributed by atoms with Crippen molar-refractivity contribution < 1.29 is 28.3 Å². The van der Waals surface area contributed by atoms with Crippen molar-refractivity contribution in [1.82, 2.24) is 5.32 Å². The van der Waals surface area contributed by atoms with Gasteiger partial charge in [-0.3, -0.25) is 9.59 Å². The molecule has 0 radical (unpaired) electrons. The molecule has 0 spiro atoms. The van der Waals surface area contributed by atoms with E-state index < -0.39 is 12.0 Å². The van der Waals surface area contributed by atoms with Crippen LogP contribution in [0.2, 0.25) is 0 Å². The molecule has 1 atom stereocenters. The summed E-state index contributed by atoms with van der Waals surface area (Å²) in [5.74, 6) is 0.436. The predicted molar refractivity (Wildman–Crippen MR) is 221 cm³/mol. The van der Waals surface area contributed by atoms with Crippen LogP contribution < -0.4 is 14.8 Å². The molecular formula is C45H73N2O5S+. The monoisotopic (exact) mass is 754 g/mol. The quantitative estimate of drug-likeness (QED) is 0.0423. The molecule has 1 amide bonds. The molecule has 0 unspecified atom stereocenters. The van der Waals surface area contributed by atoms with Crippen LogP contribution in [0.4, 0.5) is 0 Å². The Hall–Kier alpha value is -2.84. The first-order valence-electron chi connectivity index (χ1n) is 20.6. The summed E-state index contributed by atoms with van der Waals surface area (Å²) in [5, 5.41) is 2.81. The van der Waals surface area contributed by atoms with E-state index in [9.17, 15) is 14.4 Å². The molecule has 0 aromatic heterocycles. The van der Waals surface area contributed by atoms with E-state index in [1.807, 2.05) is 39.8 Å². The number of quaternary nitrogens is 1. The molecule has 7 nitrogen and oxygen atoms in total. The van der Waals surface area contributed by atoms with Crippen LogP contribution in [0, 0.1) is 27.7 Å². The molecule has 0 heterocycles. The zero-order valence-electron chi connectivity index (χ0n) is 34.9. The van der Waals surface area contributed by atoms with E-state index in [1.54, 1.807) is 18.7 Å². The number of carbonyl (C=O) groups excluding carboxylic acids is 3. The average Bonchev–Trinajstić information content (AvgIpc) is 3.07. The minimum atomic E-state index is -0.727. The van der Waals surface area contributed by atoms with Crippen molar-refractivity contribution >= 4 is 29.6 Å².